The van der Waals surface area contributed by atoms with E-state index in [-0.39, 0.29) is 35.8 Å². The number of aromatic nitrogens is 7. The number of nitrogens with zero attached hydrogens (tertiary/aromatic N) is 9. The molecule has 17 rings (SSSR count). The van der Waals surface area contributed by atoms with Gasteiger partial charge in [-0.25, -0.2) is 19.9 Å². The number of para-hydroxylation sites is 7. The summed E-state index contributed by atoms with van der Waals surface area (Å²) in [4.78, 5) is 25.0. The summed E-state index contributed by atoms with van der Waals surface area (Å²) in [5, 5.41) is 1.04. The Labute approximate surface area is 487 Å². The molecule has 0 saturated heterocycles. The molecule has 15 aromatic rings. The quantitative estimate of drug-likeness (QED) is 0.151. The van der Waals surface area contributed by atoms with Crippen LogP contribution in [0.5, 0.6) is 0 Å². The summed E-state index contributed by atoms with van der Waals surface area (Å²) in [6.45, 7) is 4.31. The van der Waals surface area contributed by atoms with E-state index < -0.39 is 0 Å². The first-order valence-corrected chi connectivity index (χ1v) is 28.1. The van der Waals surface area contributed by atoms with Crippen LogP contribution in [0.25, 0.3) is 106 Å². The lowest BCUT2D eigenvalue weighted by molar-refractivity contribution is 0.900. The fourth-order valence-corrected chi connectivity index (χ4v) is 12.4. The maximum absolute atomic E-state index is 8.31. The average Bonchev–Trinajstić information content (AvgIpc) is 1.50. The van der Waals surface area contributed by atoms with Gasteiger partial charge in [0.25, 0.3) is 0 Å². The normalized spacial score (nSPS) is 13.1. The first-order chi connectivity index (χ1) is 43.1. The fraction of sp³-hybridized carbons (Fsp3) is 0.0541. The molecule has 83 heavy (non-hydrogen) atoms. The monoisotopic (exact) mass is 1070 g/mol. The van der Waals surface area contributed by atoms with Crippen LogP contribution in [0.2, 0.25) is 0 Å². The molecule has 2 aliphatic heterocycles. The Morgan fingerprint density at radius 3 is 1.37 bits per heavy atom. The molecule has 0 spiro atoms. The van der Waals surface area contributed by atoms with Crippen molar-refractivity contribution in [1.82, 2.24) is 33.5 Å². The zero-order valence-corrected chi connectivity index (χ0v) is 45.4. The molecule has 9 nitrogen and oxygen atoms in total. The summed E-state index contributed by atoms with van der Waals surface area (Å²) >= 11 is 0. The van der Waals surface area contributed by atoms with Gasteiger partial charge in [0.05, 0.1) is 79.6 Å². The fourth-order valence-electron chi connectivity index (χ4n) is 12.4. The van der Waals surface area contributed by atoms with Crippen LogP contribution in [0.4, 0.5) is 34.1 Å². The summed E-state index contributed by atoms with van der Waals surface area (Å²) in [5.41, 5.74) is 22.9. The molecule has 6 heterocycles. The molecule has 0 bridgehead atoms. The van der Waals surface area contributed by atoms with Gasteiger partial charge in [0.2, 0.25) is 0 Å². The molecule has 11 aromatic carbocycles. The van der Waals surface area contributed by atoms with Crippen molar-refractivity contribution in [3.8, 4) is 56.1 Å². The van der Waals surface area contributed by atoms with Crippen molar-refractivity contribution in [2.75, 3.05) is 9.80 Å². The number of anilines is 6. The number of hydrogen-bond acceptors (Lipinski definition) is 6. The Balaban J connectivity index is 0.000000143. The minimum absolute atomic E-state index is 0.198. The Morgan fingerprint density at radius 1 is 0.349 bits per heavy atom. The lowest BCUT2D eigenvalue weighted by Crippen LogP contribution is -2.19. The maximum Gasteiger partial charge on any atom is 0.149 e. The standard InChI is InChI=1S/C39H29N3.C35H24N6/c1-2-38-40-34-14-9-15-36-39(34)42(38)35-25-24-32(26-37(35)41(36)33-12-7-4-8-13-33)31-22-20-30(21-23-31)29-18-16-28(17-19-29)27-10-5-3-6-11-27;1-2-32-36-27-16-10-18-30-33(27)40(32)29-20-19-22(21-31(29)39(30)23-11-4-3-5-12-23)34-37-25-14-7-6-13-24(25)35-38-26-15-8-9-17-28(26)41(34)35/h3-26H,2H2,1H3;3-21H,2H2,1H3/i3D,5D,6D,10D,11D;. The number of benzene rings is 11. The van der Waals surface area contributed by atoms with Gasteiger partial charge in [-0.3, -0.25) is 13.5 Å². The van der Waals surface area contributed by atoms with Gasteiger partial charge in [0.1, 0.15) is 23.1 Å². The molecule has 394 valence electrons. The van der Waals surface area contributed by atoms with E-state index in [1.54, 1.807) is 0 Å². The molecule has 0 N–H and O–H groups in total. The van der Waals surface area contributed by atoms with Crippen LogP contribution in [-0.2, 0) is 12.8 Å². The second-order valence-corrected chi connectivity index (χ2v) is 20.8. The third-order valence-electron chi connectivity index (χ3n) is 16.1. The number of rotatable bonds is 8. The van der Waals surface area contributed by atoms with Crippen molar-refractivity contribution in [2.24, 2.45) is 0 Å². The van der Waals surface area contributed by atoms with Crippen LogP contribution in [0.1, 0.15) is 32.4 Å². The highest BCUT2D eigenvalue weighted by atomic mass is 15.2. The van der Waals surface area contributed by atoms with Crippen molar-refractivity contribution in [1.29, 1.82) is 0 Å². The van der Waals surface area contributed by atoms with Gasteiger partial charge >= 0.3 is 0 Å². The summed E-state index contributed by atoms with van der Waals surface area (Å²) in [6, 6.07) is 78.1. The first-order valence-electron chi connectivity index (χ1n) is 30.6. The minimum atomic E-state index is -0.387. The van der Waals surface area contributed by atoms with Gasteiger partial charge in [-0.2, -0.15) is 0 Å². The second kappa shape index (κ2) is 19.4. The Morgan fingerprint density at radius 2 is 0.807 bits per heavy atom. The second-order valence-electron chi connectivity index (χ2n) is 20.8. The molecule has 0 fully saturated rings. The maximum atomic E-state index is 8.31. The van der Waals surface area contributed by atoms with Crippen LogP contribution >= 0.6 is 0 Å². The Bertz CT molecular complexity index is 5280. The van der Waals surface area contributed by atoms with E-state index in [2.05, 4.69) is 219 Å². The number of aryl methyl sites for hydroxylation is 2. The van der Waals surface area contributed by atoms with Crippen molar-refractivity contribution in [2.45, 2.75) is 26.7 Å². The highest BCUT2D eigenvalue weighted by Crippen LogP contribution is 2.50. The van der Waals surface area contributed by atoms with Gasteiger partial charge in [-0.1, -0.05) is 171 Å². The smallest absolute Gasteiger partial charge is 0.149 e. The zero-order valence-electron chi connectivity index (χ0n) is 50.4. The largest absolute Gasteiger partial charge is 0.306 e. The van der Waals surface area contributed by atoms with Crippen LogP contribution in [0.15, 0.2) is 261 Å². The van der Waals surface area contributed by atoms with Crippen molar-refractivity contribution in [3.63, 3.8) is 0 Å². The summed E-state index contributed by atoms with van der Waals surface area (Å²) in [5.74, 6) is 2.96. The third kappa shape index (κ3) is 7.76. The minimum Gasteiger partial charge on any atom is -0.306 e. The van der Waals surface area contributed by atoms with E-state index in [9.17, 15) is 0 Å². The van der Waals surface area contributed by atoms with Crippen molar-refractivity contribution < 1.29 is 6.85 Å². The number of fused-ring (bicyclic) bond motifs is 9. The van der Waals surface area contributed by atoms with Gasteiger partial charge in [0.15, 0.2) is 0 Å². The number of hydrogen-bond donors (Lipinski definition) is 0. The van der Waals surface area contributed by atoms with E-state index in [1.165, 1.54) is 0 Å². The Kier molecular flexibility index (Phi) is 10.1. The molecular formula is C74H53N9. The van der Waals surface area contributed by atoms with Gasteiger partial charge in [0, 0.05) is 35.2 Å². The highest BCUT2D eigenvalue weighted by molar-refractivity contribution is 6.04. The molecule has 0 aliphatic carbocycles. The molecular weight excluding hydrogens is 1010 g/mol. The summed E-state index contributed by atoms with van der Waals surface area (Å²) < 4.78 is 47.4. The predicted octanol–water partition coefficient (Wildman–Crippen LogP) is 18.8. The SMILES string of the molecule is CCc1nc2cccc3c2n1-c1ccc(-c2nc4ccccc4c4nc5ccccc5n24)cc1N3c1ccccc1.[2H]c1c([2H])c([2H])c(-c2ccc(-c3ccc(-c4ccc5c(c4)N(c4ccccc4)c4cccc6nc(CC)n-5c46)cc3)cc2)c([2H])c1[2H]. The Hall–Kier alpha value is -10.9. The molecule has 0 unspecified atom stereocenters. The predicted molar refractivity (Wildman–Crippen MR) is 341 cm³/mol. The van der Waals surface area contributed by atoms with Crippen LogP contribution in [0, 0.1) is 0 Å². The highest BCUT2D eigenvalue weighted by Gasteiger charge is 2.31. The van der Waals surface area contributed by atoms with Crippen molar-refractivity contribution >= 4 is 83.8 Å². The van der Waals surface area contributed by atoms with Crippen molar-refractivity contribution in [3.05, 3.63) is 272 Å². The van der Waals surface area contributed by atoms with Crippen LogP contribution in [0.3, 0.4) is 0 Å². The average molecular weight is 1070 g/mol. The first kappa shape index (κ1) is 43.0. The topological polar surface area (TPSA) is 72.3 Å². The van der Waals surface area contributed by atoms with Crippen LogP contribution in [-0.4, -0.2) is 33.5 Å². The van der Waals surface area contributed by atoms with E-state index in [0.717, 1.165) is 153 Å². The van der Waals surface area contributed by atoms with E-state index in [1.807, 2.05) is 48.5 Å². The van der Waals surface area contributed by atoms with Gasteiger partial charge in [-0.05, 0) is 137 Å². The van der Waals surface area contributed by atoms with E-state index in [4.69, 9.17) is 26.8 Å². The third-order valence-corrected chi connectivity index (χ3v) is 16.1. The van der Waals surface area contributed by atoms with E-state index in [0.29, 0.717) is 5.56 Å². The van der Waals surface area contributed by atoms with Crippen LogP contribution < -0.4 is 9.80 Å². The lowest BCUT2D eigenvalue weighted by atomic mass is 9.97. The molecule has 0 atom stereocenters. The lowest BCUT2D eigenvalue weighted by Gasteiger charge is -2.33. The van der Waals surface area contributed by atoms with Gasteiger partial charge < -0.3 is 9.80 Å². The summed E-state index contributed by atoms with van der Waals surface area (Å²) in [7, 11) is 0. The molecule has 9 heteroatoms. The van der Waals surface area contributed by atoms with Gasteiger partial charge in [-0.15, -0.1) is 0 Å². The molecule has 2 aliphatic rings. The zero-order chi connectivity index (χ0) is 59.5. The number of imidazole rings is 3. The molecule has 4 aromatic heterocycles. The molecule has 0 radical (unpaired) electrons. The molecule has 0 saturated carbocycles. The summed E-state index contributed by atoms with van der Waals surface area (Å²) in [6.07, 6.45) is 1.67. The van der Waals surface area contributed by atoms with E-state index >= 15 is 0 Å². The molecule has 0 amide bonds.